The number of fused-ring (bicyclic) bond motifs is 1. The lowest BCUT2D eigenvalue weighted by Crippen LogP contribution is -1.83. The predicted molar refractivity (Wildman–Crippen MR) is 43.0 cm³/mol. The number of benzene rings is 1. The van der Waals surface area contributed by atoms with Crippen molar-refractivity contribution in [1.29, 1.82) is 0 Å². The Labute approximate surface area is 68.1 Å². The number of rotatable bonds is 0. The fourth-order valence-electron chi connectivity index (χ4n) is 1.03. The van der Waals surface area contributed by atoms with E-state index in [-0.39, 0.29) is 0 Å². The van der Waals surface area contributed by atoms with Crippen molar-refractivity contribution >= 4 is 15.9 Å². The van der Waals surface area contributed by atoms with Crippen LogP contribution in [0.15, 0.2) is 22.7 Å². The first-order valence-corrected chi connectivity index (χ1v) is 3.91. The van der Waals surface area contributed by atoms with Gasteiger partial charge in [0.1, 0.15) is 5.75 Å². The van der Waals surface area contributed by atoms with Crippen molar-refractivity contribution in [2.45, 2.75) is 0 Å². The van der Waals surface area contributed by atoms with Crippen molar-refractivity contribution in [3.05, 3.63) is 34.7 Å². The van der Waals surface area contributed by atoms with Crippen LogP contribution in [0.5, 0.6) is 5.75 Å². The summed E-state index contributed by atoms with van der Waals surface area (Å²) in [7, 11) is 0. The molecule has 2 heteroatoms. The van der Waals surface area contributed by atoms with Crippen LogP contribution in [-0.4, -0.2) is 6.61 Å². The molecule has 0 saturated carbocycles. The Bertz CT molecular complexity index is 257. The lowest BCUT2D eigenvalue weighted by molar-refractivity contribution is 0.377. The number of halogens is 1. The zero-order chi connectivity index (χ0) is 6.97. The van der Waals surface area contributed by atoms with Gasteiger partial charge in [-0.25, -0.2) is 0 Å². The summed E-state index contributed by atoms with van der Waals surface area (Å²) in [5.41, 5.74) is 1.19. The SMILES string of the molecule is Brc1ccc2c(c1)[CH]CO2. The first kappa shape index (κ1) is 6.23. The van der Waals surface area contributed by atoms with E-state index in [1.54, 1.807) is 0 Å². The maximum absolute atomic E-state index is 5.28. The molecule has 0 unspecified atom stereocenters. The van der Waals surface area contributed by atoms with Gasteiger partial charge in [0.25, 0.3) is 0 Å². The normalized spacial score (nSPS) is 14.5. The van der Waals surface area contributed by atoms with Gasteiger partial charge in [-0.15, -0.1) is 0 Å². The monoisotopic (exact) mass is 197 g/mol. The highest BCUT2D eigenvalue weighted by molar-refractivity contribution is 9.10. The van der Waals surface area contributed by atoms with E-state index in [0.717, 1.165) is 10.2 Å². The van der Waals surface area contributed by atoms with Crippen molar-refractivity contribution in [3.8, 4) is 5.75 Å². The summed E-state index contributed by atoms with van der Waals surface area (Å²) in [6.45, 7) is 0.714. The van der Waals surface area contributed by atoms with Crippen molar-refractivity contribution in [3.63, 3.8) is 0 Å². The van der Waals surface area contributed by atoms with Crippen LogP contribution < -0.4 is 4.74 Å². The molecule has 2 rings (SSSR count). The minimum absolute atomic E-state index is 0.714. The van der Waals surface area contributed by atoms with Crippen LogP contribution >= 0.6 is 15.9 Å². The lowest BCUT2D eigenvalue weighted by Gasteiger charge is -1.96. The Morgan fingerprint density at radius 2 is 2.30 bits per heavy atom. The molecule has 1 aliphatic heterocycles. The molecule has 1 nitrogen and oxygen atoms in total. The molecule has 10 heavy (non-hydrogen) atoms. The zero-order valence-corrected chi connectivity index (χ0v) is 6.89. The first-order valence-electron chi connectivity index (χ1n) is 3.12. The Hall–Kier alpha value is -0.500. The van der Waals surface area contributed by atoms with Crippen molar-refractivity contribution in [2.24, 2.45) is 0 Å². The van der Waals surface area contributed by atoms with E-state index in [1.165, 1.54) is 5.56 Å². The van der Waals surface area contributed by atoms with E-state index < -0.39 is 0 Å². The minimum atomic E-state index is 0.714. The topological polar surface area (TPSA) is 9.23 Å². The van der Waals surface area contributed by atoms with Crippen LogP contribution in [-0.2, 0) is 0 Å². The van der Waals surface area contributed by atoms with E-state index >= 15 is 0 Å². The third kappa shape index (κ3) is 0.926. The van der Waals surface area contributed by atoms with Crippen LogP contribution in [0.25, 0.3) is 0 Å². The predicted octanol–water partition coefficient (Wildman–Crippen LogP) is 2.39. The van der Waals surface area contributed by atoms with Crippen LogP contribution in [0, 0.1) is 6.42 Å². The van der Waals surface area contributed by atoms with E-state index in [1.807, 2.05) is 12.1 Å². The molecule has 0 bridgehead atoms. The summed E-state index contributed by atoms with van der Waals surface area (Å²) in [6.07, 6.45) is 2.07. The molecule has 1 heterocycles. The average molecular weight is 198 g/mol. The smallest absolute Gasteiger partial charge is 0.123 e. The van der Waals surface area contributed by atoms with Gasteiger partial charge in [-0.3, -0.25) is 0 Å². The van der Waals surface area contributed by atoms with Crippen molar-refractivity contribution in [2.75, 3.05) is 6.61 Å². The summed E-state index contributed by atoms with van der Waals surface area (Å²) in [5.74, 6) is 0.989. The van der Waals surface area contributed by atoms with Gasteiger partial charge in [0.05, 0.1) is 6.61 Å². The minimum Gasteiger partial charge on any atom is -0.493 e. The Balaban J connectivity index is 2.52. The second kappa shape index (κ2) is 2.27. The third-order valence-corrected chi connectivity index (χ3v) is 2.01. The lowest BCUT2D eigenvalue weighted by atomic mass is 10.2. The van der Waals surface area contributed by atoms with E-state index in [2.05, 4.69) is 28.4 Å². The second-order valence-electron chi connectivity index (χ2n) is 2.20. The Morgan fingerprint density at radius 1 is 1.40 bits per heavy atom. The fourth-order valence-corrected chi connectivity index (χ4v) is 1.41. The van der Waals surface area contributed by atoms with Crippen molar-refractivity contribution in [1.82, 2.24) is 0 Å². The summed E-state index contributed by atoms with van der Waals surface area (Å²) in [4.78, 5) is 0. The summed E-state index contributed by atoms with van der Waals surface area (Å²) in [6, 6.07) is 6.02. The molecule has 1 aromatic rings. The van der Waals surface area contributed by atoms with Crippen LogP contribution in [0.1, 0.15) is 5.56 Å². The quantitative estimate of drug-likeness (QED) is 0.621. The fraction of sp³-hybridized carbons (Fsp3) is 0.125. The molecule has 0 atom stereocenters. The Kier molecular flexibility index (Phi) is 1.42. The van der Waals surface area contributed by atoms with Crippen LogP contribution in [0.4, 0.5) is 0 Å². The molecular weight excluding hydrogens is 192 g/mol. The molecule has 0 aliphatic carbocycles. The van der Waals surface area contributed by atoms with Gasteiger partial charge in [0.15, 0.2) is 0 Å². The molecule has 51 valence electrons. The number of hydrogen-bond donors (Lipinski definition) is 0. The third-order valence-electron chi connectivity index (χ3n) is 1.51. The molecule has 0 amide bonds. The standard InChI is InChI=1S/C8H6BrO/c9-7-1-2-8-6(5-7)3-4-10-8/h1-3,5H,4H2. The molecule has 0 spiro atoms. The van der Waals surface area contributed by atoms with Gasteiger partial charge >= 0.3 is 0 Å². The van der Waals surface area contributed by atoms with E-state index in [0.29, 0.717) is 6.61 Å². The van der Waals surface area contributed by atoms with Gasteiger partial charge < -0.3 is 4.74 Å². The molecule has 0 aromatic heterocycles. The van der Waals surface area contributed by atoms with Crippen molar-refractivity contribution < 1.29 is 4.74 Å². The van der Waals surface area contributed by atoms with Gasteiger partial charge in [-0.1, -0.05) is 15.9 Å². The van der Waals surface area contributed by atoms with Gasteiger partial charge in [-0.2, -0.15) is 0 Å². The van der Waals surface area contributed by atoms with Crippen LogP contribution in [0.2, 0.25) is 0 Å². The van der Waals surface area contributed by atoms with Crippen LogP contribution in [0.3, 0.4) is 0 Å². The maximum Gasteiger partial charge on any atom is 0.123 e. The second-order valence-corrected chi connectivity index (χ2v) is 3.11. The molecular formula is C8H6BrO. The van der Waals surface area contributed by atoms with Gasteiger partial charge in [-0.05, 0) is 18.2 Å². The average Bonchev–Trinajstić information content (AvgIpc) is 2.33. The summed E-state index contributed by atoms with van der Waals surface area (Å²) < 4.78 is 6.38. The zero-order valence-electron chi connectivity index (χ0n) is 5.30. The highest BCUT2D eigenvalue weighted by Crippen LogP contribution is 2.28. The molecule has 1 aliphatic rings. The number of ether oxygens (including phenoxy) is 1. The highest BCUT2D eigenvalue weighted by Gasteiger charge is 2.10. The molecule has 0 saturated heterocycles. The Morgan fingerprint density at radius 3 is 3.20 bits per heavy atom. The highest BCUT2D eigenvalue weighted by atomic mass is 79.9. The molecule has 0 fully saturated rings. The molecule has 1 aromatic carbocycles. The summed E-state index contributed by atoms with van der Waals surface area (Å²) in [5, 5.41) is 0. The summed E-state index contributed by atoms with van der Waals surface area (Å²) >= 11 is 3.39. The maximum atomic E-state index is 5.28. The van der Waals surface area contributed by atoms with Gasteiger partial charge in [0, 0.05) is 16.5 Å². The molecule has 0 N–H and O–H groups in total. The molecule has 1 radical (unpaired) electrons. The van der Waals surface area contributed by atoms with Gasteiger partial charge in [0.2, 0.25) is 0 Å². The van der Waals surface area contributed by atoms with E-state index in [9.17, 15) is 0 Å². The number of hydrogen-bond acceptors (Lipinski definition) is 1. The van der Waals surface area contributed by atoms with E-state index in [4.69, 9.17) is 4.74 Å². The largest absolute Gasteiger partial charge is 0.493 e. The first-order chi connectivity index (χ1) is 4.86.